The van der Waals surface area contributed by atoms with Crippen LogP contribution in [-0.2, 0) is 6.54 Å². The van der Waals surface area contributed by atoms with Gasteiger partial charge in [-0.1, -0.05) is 0 Å². The Balaban J connectivity index is 3.05. The van der Waals surface area contributed by atoms with E-state index in [1.165, 1.54) is 0 Å². The molecule has 1 rings (SSSR count). The second-order valence-corrected chi connectivity index (χ2v) is 2.55. The molecule has 0 atom stereocenters. The van der Waals surface area contributed by atoms with E-state index in [0.29, 0.717) is 6.54 Å². The average molecular weight is 182 g/mol. The molecule has 0 unspecified atom stereocenters. The van der Waals surface area contributed by atoms with E-state index in [1.807, 2.05) is 7.05 Å². The normalized spacial score (nSPS) is 9.77. The van der Waals surface area contributed by atoms with Crippen LogP contribution in [0.1, 0.15) is 5.56 Å². The van der Waals surface area contributed by atoms with Gasteiger partial charge in [-0.25, -0.2) is 0 Å². The van der Waals surface area contributed by atoms with Crippen molar-refractivity contribution in [2.45, 2.75) is 6.54 Å². The number of methoxy groups -OCH3 is 2. The van der Waals surface area contributed by atoms with Crippen molar-refractivity contribution in [1.82, 2.24) is 10.3 Å². The fourth-order valence-corrected chi connectivity index (χ4v) is 1.15. The largest absolute Gasteiger partial charge is 0.495 e. The minimum atomic E-state index is 0.703. The number of rotatable bonds is 4. The van der Waals surface area contributed by atoms with Crippen molar-refractivity contribution in [2.75, 3.05) is 21.3 Å². The Bertz CT molecular complexity index is 254. The first-order valence-electron chi connectivity index (χ1n) is 4.03. The highest BCUT2D eigenvalue weighted by molar-refractivity contribution is 5.41. The first-order valence-corrected chi connectivity index (χ1v) is 4.03. The van der Waals surface area contributed by atoms with Crippen molar-refractivity contribution in [1.29, 1.82) is 0 Å². The standard InChI is InChI=1S/C9H14N2O2/c1-10-4-7-8(12-2)5-11-6-9(7)13-3/h5-6,10H,4H2,1-3H3. The molecule has 1 aromatic heterocycles. The number of hydrogen-bond donors (Lipinski definition) is 1. The fourth-order valence-electron chi connectivity index (χ4n) is 1.15. The molecule has 4 heteroatoms. The van der Waals surface area contributed by atoms with Gasteiger partial charge in [-0.05, 0) is 7.05 Å². The summed E-state index contributed by atoms with van der Waals surface area (Å²) in [5.74, 6) is 1.49. The van der Waals surface area contributed by atoms with Gasteiger partial charge in [-0.2, -0.15) is 0 Å². The van der Waals surface area contributed by atoms with E-state index in [1.54, 1.807) is 26.6 Å². The summed E-state index contributed by atoms with van der Waals surface area (Å²) < 4.78 is 10.3. The lowest BCUT2D eigenvalue weighted by atomic mass is 10.2. The molecule has 0 amide bonds. The van der Waals surface area contributed by atoms with Crippen LogP contribution >= 0.6 is 0 Å². The van der Waals surface area contributed by atoms with Crippen LogP contribution in [0.25, 0.3) is 0 Å². The van der Waals surface area contributed by atoms with Gasteiger partial charge in [0.25, 0.3) is 0 Å². The maximum absolute atomic E-state index is 5.16. The molecule has 0 radical (unpaired) electrons. The Morgan fingerprint density at radius 3 is 2.15 bits per heavy atom. The van der Waals surface area contributed by atoms with E-state index >= 15 is 0 Å². The predicted molar refractivity (Wildman–Crippen MR) is 50.1 cm³/mol. The number of pyridine rings is 1. The van der Waals surface area contributed by atoms with Crippen LogP contribution in [0.15, 0.2) is 12.4 Å². The first kappa shape index (κ1) is 9.80. The van der Waals surface area contributed by atoms with Gasteiger partial charge < -0.3 is 14.8 Å². The van der Waals surface area contributed by atoms with Crippen molar-refractivity contribution in [3.63, 3.8) is 0 Å². The molecule has 0 aliphatic carbocycles. The molecule has 0 saturated heterocycles. The quantitative estimate of drug-likeness (QED) is 0.748. The molecule has 0 spiro atoms. The van der Waals surface area contributed by atoms with Gasteiger partial charge in [0.15, 0.2) is 0 Å². The highest BCUT2D eigenvalue weighted by atomic mass is 16.5. The second kappa shape index (κ2) is 4.67. The molecule has 1 N–H and O–H groups in total. The number of nitrogens with one attached hydrogen (secondary N) is 1. The van der Waals surface area contributed by atoms with Gasteiger partial charge in [-0.15, -0.1) is 0 Å². The van der Waals surface area contributed by atoms with Crippen LogP contribution in [0.3, 0.4) is 0 Å². The van der Waals surface area contributed by atoms with E-state index in [0.717, 1.165) is 17.1 Å². The monoisotopic (exact) mass is 182 g/mol. The first-order chi connectivity index (χ1) is 6.33. The van der Waals surface area contributed by atoms with Crippen molar-refractivity contribution in [2.24, 2.45) is 0 Å². The third-order valence-electron chi connectivity index (χ3n) is 1.77. The minimum Gasteiger partial charge on any atom is -0.495 e. The summed E-state index contributed by atoms with van der Waals surface area (Å²) >= 11 is 0. The summed E-state index contributed by atoms with van der Waals surface area (Å²) in [6, 6.07) is 0. The highest BCUT2D eigenvalue weighted by Gasteiger charge is 2.08. The fraction of sp³-hybridized carbons (Fsp3) is 0.444. The van der Waals surface area contributed by atoms with Crippen molar-refractivity contribution < 1.29 is 9.47 Å². The van der Waals surface area contributed by atoms with Crippen LogP contribution in [-0.4, -0.2) is 26.3 Å². The lowest BCUT2D eigenvalue weighted by molar-refractivity contribution is 0.380. The topological polar surface area (TPSA) is 43.4 Å². The molecular weight excluding hydrogens is 168 g/mol. The van der Waals surface area contributed by atoms with Crippen LogP contribution < -0.4 is 14.8 Å². The van der Waals surface area contributed by atoms with E-state index in [4.69, 9.17) is 9.47 Å². The number of nitrogens with zero attached hydrogens (tertiary/aromatic N) is 1. The minimum absolute atomic E-state index is 0.703. The van der Waals surface area contributed by atoms with Crippen molar-refractivity contribution in [3.8, 4) is 11.5 Å². The Kier molecular flexibility index (Phi) is 3.52. The summed E-state index contributed by atoms with van der Waals surface area (Å²) in [6.45, 7) is 0.703. The van der Waals surface area contributed by atoms with Crippen LogP contribution in [0.2, 0.25) is 0 Å². The molecule has 72 valence electrons. The lowest BCUT2D eigenvalue weighted by Crippen LogP contribution is -2.08. The summed E-state index contributed by atoms with van der Waals surface area (Å²) in [5.41, 5.74) is 0.988. The molecule has 1 heterocycles. The molecule has 1 aromatic rings. The van der Waals surface area contributed by atoms with Gasteiger partial charge in [0.05, 0.1) is 32.2 Å². The third kappa shape index (κ3) is 2.09. The van der Waals surface area contributed by atoms with Crippen molar-refractivity contribution >= 4 is 0 Å². The summed E-state index contributed by atoms with van der Waals surface area (Å²) in [6.07, 6.45) is 3.35. The summed E-state index contributed by atoms with van der Waals surface area (Å²) in [4.78, 5) is 3.99. The average Bonchev–Trinajstić information content (AvgIpc) is 2.18. The molecular formula is C9H14N2O2. The predicted octanol–water partition coefficient (Wildman–Crippen LogP) is 0.818. The van der Waals surface area contributed by atoms with Gasteiger partial charge in [0.1, 0.15) is 11.5 Å². The van der Waals surface area contributed by atoms with Gasteiger partial charge in [0, 0.05) is 6.54 Å². The SMILES string of the molecule is CNCc1c(OC)cncc1OC. The Labute approximate surface area is 77.9 Å². The van der Waals surface area contributed by atoms with Crippen LogP contribution in [0, 0.1) is 0 Å². The molecule has 0 aromatic carbocycles. The van der Waals surface area contributed by atoms with Gasteiger partial charge >= 0.3 is 0 Å². The van der Waals surface area contributed by atoms with E-state index < -0.39 is 0 Å². The zero-order chi connectivity index (χ0) is 9.68. The highest BCUT2D eigenvalue weighted by Crippen LogP contribution is 2.26. The Morgan fingerprint density at radius 1 is 1.23 bits per heavy atom. The van der Waals surface area contributed by atoms with Gasteiger partial charge in [-0.3, -0.25) is 4.98 Å². The number of ether oxygens (including phenoxy) is 2. The van der Waals surface area contributed by atoms with E-state index in [9.17, 15) is 0 Å². The maximum Gasteiger partial charge on any atom is 0.145 e. The lowest BCUT2D eigenvalue weighted by Gasteiger charge is -2.11. The third-order valence-corrected chi connectivity index (χ3v) is 1.77. The number of hydrogen-bond acceptors (Lipinski definition) is 4. The summed E-state index contributed by atoms with van der Waals surface area (Å²) in [5, 5.41) is 3.05. The molecule has 0 aliphatic heterocycles. The Morgan fingerprint density at radius 2 is 1.77 bits per heavy atom. The zero-order valence-corrected chi connectivity index (χ0v) is 8.13. The van der Waals surface area contributed by atoms with Gasteiger partial charge in [0.2, 0.25) is 0 Å². The molecule has 0 aliphatic rings. The number of aromatic nitrogens is 1. The molecule has 0 bridgehead atoms. The second-order valence-electron chi connectivity index (χ2n) is 2.55. The molecule has 13 heavy (non-hydrogen) atoms. The van der Waals surface area contributed by atoms with Crippen LogP contribution in [0.5, 0.6) is 11.5 Å². The smallest absolute Gasteiger partial charge is 0.145 e. The maximum atomic E-state index is 5.16. The zero-order valence-electron chi connectivity index (χ0n) is 8.13. The molecule has 0 saturated carbocycles. The van der Waals surface area contributed by atoms with Crippen LogP contribution in [0.4, 0.5) is 0 Å². The van der Waals surface area contributed by atoms with E-state index in [2.05, 4.69) is 10.3 Å². The molecule has 4 nitrogen and oxygen atoms in total. The molecule has 0 fully saturated rings. The summed E-state index contributed by atoms with van der Waals surface area (Å²) in [7, 11) is 5.12. The van der Waals surface area contributed by atoms with E-state index in [-0.39, 0.29) is 0 Å². The van der Waals surface area contributed by atoms with Crippen molar-refractivity contribution in [3.05, 3.63) is 18.0 Å². The Hall–Kier alpha value is -1.29.